The Kier molecular flexibility index (Phi) is 6.65. The van der Waals surface area contributed by atoms with Crippen molar-refractivity contribution in [2.75, 3.05) is 12.3 Å². The summed E-state index contributed by atoms with van der Waals surface area (Å²) in [5.74, 6) is 0.987. The normalized spacial score (nSPS) is 10.1. The second-order valence-electron chi connectivity index (χ2n) is 3.64. The van der Waals surface area contributed by atoms with E-state index in [2.05, 4.69) is 22.9 Å². The number of thiol groups is 1. The molecule has 0 aromatic carbocycles. The Labute approximate surface area is 102 Å². The van der Waals surface area contributed by atoms with Crippen molar-refractivity contribution in [2.24, 2.45) is 0 Å². The van der Waals surface area contributed by atoms with Crippen LogP contribution in [0, 0.1) is 0 Å². The molecule has 1 amide bonds. The predicted molar refractivity (Wildman–Crippen MR) is 68.7 cm³/mol. The van der Waals surface area contributed by atoms with E-state index in [1.165, 1.54) is 5.56 Å². The zero-order valence-electron chi connectivity index (χ0n) is 9.35. The van der Waals surface area contributed by atoms with Crippen LogP contribution in [-0.2, 0) is 11.2 Å². The van der Waals surface area contributed by atoms with Crippen LogP contribution >= 0.6 is 12.6 Å². The molecule has 0 aliphatic carbocycles. The van der Waals surface area contributed by atoms with Gasteiger partial charge in [0.15, 0.2) is 0 Å². The standard InChI is InChI=1S/C12H18N2OS/c15-12(3-1-2-10-16)14-9-6-11-4-7-13-8-5-11/h4-5,7-8,16H,1-3,6,9-10H2,(H,14,15). The molecule has 0 saturated heterocycles. The first-order chi connectivity index (χ1) is 7.83. The molecule has 0 unspecified atom stereocenters. The smallest absolute Gasteiger partial charge is 0.220 e. The van der Waals surface area contributed by atoms with Gasteiger partial charge in [-0.3, -0.25) is 9.78 Å². The molecular formula is C12H18N2OS. The molecule has 4 heteroatoms. The minimum atomic E-state index is 0.135. The van der Waals surface area contributed by atoms with Crippen LogP contribution in [0.1, 0.15) is 24.8 Å². The van der Waals surface area contributed by atoms with Crippen molar-refractivity contribution in [3.63, 3.8) is 0 Å². The Hall–Kier alpha value is -1.03. The number of hydrogen-bond donors (Lipinski definition) is 2. The average Bonchev–Trinajstić information content (AvgIpc) is 2.31. The first-order valence-electron chi connectivity index (χ1n) is 5.59. The highest BCUT2D eigenvalue weighted by atomic mass is 32.1. The lowest BCUT2D eigenvalue weighted by atomic mass is 10.2. The third-order valence-corrected chi connectivity index (χ3v) is 2.61. The molecule has 0 radical (unpaired) electrons. The van der Waals surface area contributed by atoms with E-state index in [0.29, 0.717) is 13.0 Å². The zero-order valence-corrected chi connectivity index (χ0v) is 10.2. The van der Waals surface area contributed by atoms with Crippen LogP contribution in [0.2, 0.25) is 0 Å². The van der Waals surface area contributed by atoms with Gasteiger partial charge in [-0.15, -0.1) is 0 Å². The van der Waals surface area contributed by atoms with E-state index in [9.17, 15) is 4.79 Å². The first kappa shape index (κ1) is 13.0. The highest BCUT2D eigenvalue weighted by Gasteiger charge is 1.99. The monoisotopic (exact) mass is 238 g/mol. The Morgan fingerprint density at radius 3 is 2.75 bits per heavy atom. The minimum Gasteiger partial charge on any atom is -0.356 e. The number of nitrogens with one attached hydrogen (secondary N) is 1. The molecule has 88 valence electrons. The zero-order chi connectivity index (χ0) is 11.6. The number of nitrogens with zero attached hydrogens (tertiary/aromatic N) is 1. The molecule has 1 N–H and O–H groups in total. The van der Waals surface area contributed by atoms with Crippen molar-refractivity contribution in [3.8, 4) is 0 Å². The lowest BCUT2D eigenvalue weighted by molar-refractivity contribution is -0.121. The molecule has 0 spiro atoms. The van der Waals surface area contributed by atoms with Crippen molar-refractivity contribution in [3.05, 3.63) is 30.1 Å². The van der Waals surface area contributed by atoms with E-state index >= 15 is 0 Å². The molecule has 1 rings (SSSR count). The maximum Gasteiger partial charge on any atom is 0.220 e. The van der Waals surface area contributed by atoms with Crippen molar-refractivity contribution in [2.45, 2.75) is 25.7 Å². The highest BCUT2D eigenvalue weighted by molar-refractivity contribution is 7.80. The van der Waals surface area contributed by atoms with Gasteiger partial charge < -0.3 is 5.32 Å². The molecule has 0 aliphatic heterocycles. The van der Waals surface area contributed by atoms with Crippen LogP contribution in [-0.4, -0.2) is 23.2 Å². The summed E-state index contributed by atoms with van der Waals surface area (Å²) < 4.78 is 0. The summed E-state index contributed by atoms with van der Waals surface area (Å²) >= 11 is 4.10. The van der Waals surface area contributed by atoms with Crippen LogP contribution in [0.5, 0.6) is 0 Å². The summed E-state index contributed by atoms with van der Waals surface area (Å²) in [6, 6.07) is 3.93. The van der Waals surface area contributed by atoms with Gasteiger partial charge in [-0.05, 0) is 42.7 Å². The molecule has 0 fully saturated rings. The van der Waals surface area contributed by atoms with Crippen LogP contribution in [0.4, 0.5) is 0 Å². The molecule has 1 heterocycles. The largest absolute Gasteiger partial charge is 0.356 e. The van der Waals surface area contributed by atoms with Gasteiger partial charge >= 0.3 is 0 Å². The highest BCUT2D eigenvalue weighted by Crippen LogP contribution is 1.98. The van der Waals surface area contributed by atoms with Crippen molar-refractivity contribution in [1.29, 1.82) is 0 Å². The lowest BCUT2D eigenvalue weighted by Gasteiger charge is -2.04. The molecule has 3 nitrogen and oxygen atoms in total. The Morgan fingerprint density at radius 1 is 1.31 bits per heavy atom. The van der Waals surface area contributed by atoms with E-state index in [4.69, 9.17) is 0 Å². The number of amides is 1. The number of aromatic nitrogens is 1. The summed E-state index contributed by atoms with van der Waals surface area (Å²) in [4.78, 5) is 15.3. The number of unbranched alkanes of at least 4 members (excludes halogenated alkanes) is 1. The van der Waals surface area contributed by atoms with Gasteiger partial charge in [0.25, 0.3) is 0 Å². The van der Waals surface area contributed by atoms with Gasteiger partial charge in [-0.1, -0.05) is 0 Å². The summed E-state index contributed by atoms with van der Waals surface area (Å²) in [5.41, 5.74) is 1.20. The number of carbonyl (C=O) groups excluding carboxylic acids is 1. The fraction of sp³-hybridized carbons (Fsp3) is 0.500. The molecular weight excluding hydrogens is 220 g/mol. The number of carbonyl (C=O) groups is 1. The molecule has 0 saturated carbocycles. The third kappa shape index (κ3) is 5.75. The van der Waals surface area contributed by atoms with E-state index in [-0.39, 0.29) is 5.91 Å². The van der Waals surface area contributed by atoms with Crippen LogP contribution in [0.25, 0.3) is 0 Å². The van der Waals surface area contributed by atoms with E-state index in [1.807, 2.05) is 12.1 Å². The second kappa shape index (κ2) is 8.16. The van der Waals surface area contributed by atoms with Gasteiger partial charge in [-0.2, -0.15) is 12.6 Å². The Balaban J connectivity index is 2.09. The second-order valence-corrected chi connectivity index (χ2v) is 4.08. The molecule has 16 heavy (non-hydrogen) atoms. The van der Waals surface area contributed by atoms with Crippen molar-refractivity contribution in [1.82, 2.24) is 10.3 Å². The Bertz CT molecular complexity index is 303. The summed E-state index contributed by atoms with van der Waals surface area (Å²) in [5, 5.41) is 2.91. The fourth-order valence-corrected chi connectivity index (χ4v) is 1.61. The van der Waals surface area contributed by atoms with Gasteiger partial charge in [0, 0.05) is 25.4 Å². The third-order valence-electron chi connectivity index (χ3n) is 2.30. The van der Waals surface area contributed by atoms with Gasteiger partial charge in [0.2, 0.25) is 5.91 Å². The van der Waals surface area contributed by atoms with Crippen LogP contribution in [0.3, 0.4) is 0 Å². The first-order valence-corrected chi connectivity index (χ1v) is 6.22. The maximum absolute atomic E-state index is 11.4. The summed E-state index contributed by atoms with van der Waals surface area (Å²) in [6.45, 7) is 0.698. The molecule has 0 atom stereocenters. The Morgan fingerprint density at radius 2 is 2.06 bits per heavy atom. The summed E-state index contributed by atoms with van der Waals surface area (Å²) in [7, 11) is 0. The minimum absolute atomic E-state index is 0.135. The van der Waals surface area contributed by atoms with E-state index in [0.717, 1.165) is 25.0 Å². The molecule has 0 bridgehead atoms. The van der Waals surface area contributed by atoms with Gasteiger partial charge in [0.1, 0.15) is 0 Å². The molecule has 1 aromatic rings. The van der Waals surface area contributed by atoms with E-state index in [1.54, 1.807) is 12.4 Å². The van der Waals surface area contributed by atoms with Gasteiger partial charge in [-0.25, -0.2) is 0 Å². The van der Waals surface area contributed by atoms with Crippen molar-refractivity contribution >= 4 is 18.5 Å². The average molecular weight is 238 g/mol. The number of rotatable bonds is 7. The number of pyridine rings is 1. The van der Waals surface area contributed by atoms with Crippen molar-refractivity contribution < 1.29 is 4.79 Å². The number of hydrogen-bond acceptors (Lipinski definition) is 3. The quantitative estimate of drug-likeness (QED) is 0.562. The van der Waals surface area contributed by atoms with Gasteiger partial charge in [0.05, 0.1) is 0 Å². The summed E-state index contributed by atoms with van der Waals surface area (Å²) in [6.07, 6.45) is 6.93. The SMILES string of the molecule is O=C(CCCCS)NCCc1ccncc1. The van der Waals surface area contributed by atoms with Crippen LogP contribution < -0.4 is 5.32 Å². The topological polar surface area (TPSA) is 42.0 Å². The molecule has 0 aliphatic rings. The van der Waals surface area contributed by atoms with Crippen LogP contribution in [0.15, 0.2) is 24.5 Å². The fourth-order valence-electron chi connectivity index (χ4n) is 1.38. The lowest BCUT2D eigenvalue weighted by Crippen LogP contribution is -2.25. The molecule has 1 aromatic heterocycles. The maximum atomic E-state index is 11.4. The predicted octanol–water partition coefficient (Wildman–Crippen LogP) is 1.84. The van der Waals surface area contributed by atoms with E-state index < -0.39 is 0 Å².